The van der Waals surface area contributed by atoms with Gasteiger partial charge in [0.25, 0.3) is 0 Å². The third-order valence-corrected chi connectivity index (χ3v) is 8.34. The maximum Gasteiger partial charge on any atom is 0.170 e. The van der Waals surface area contributed by atoms with E-state index in [9.17, 15) is 0 Å². The molecular formula is C28H38N2S. The summed E-state index contributed by atoms with van der Waals surface area (Å²) in [7, 11) is 0. The molecule has 2 aliphatic rings. The summed E-state index contributed by atoms with van der Waals surface area (Å²) < 4.78 is 0. The van der Waals surface area contributed by atoms with E-state index >= 15 is 0 Å². The summed E-state index contributed by atoms with van der Waals surface area (Å²) in [6.45, 7) is 12.7. The third kappa shape index (κ3) is 4.39. The van der Waals surface area contributed by atoms with Crippen LogP contribution in [0, 0.1) is 18.3 Å². The number of hydrogen-bond donors (Lipinski definition) is 2. The van der Waals surface area contributed by atoms with E-state index in [2.05, 4.69) is 87.7 Å². The number of thiocarbonyl (C=S) groups is 1. The molecule has 0 heterocycles. The number of rotatable bonds is 4. The molecule has 0 unspecified atom stereocenters. The summed E-state index contributed by atoms with van der Waals surface area (Å²) in [6, 6.07) is 15.7. The van der Waals surface area contributed by atoms with Gasteiger partial charge in [-0.15, -0.1) is 0 Å². The summed E-state index contributed by atoms with van der Waals surface area (Å²) in [5.74, 6) is 1.28. The second-order valence-electron chi connectivity index (χ2n) is 10.8. The second-order valence-corrected chi connectivity index (χ2v) is 11.2. The number of anilines is 1. The van der Waals surface area contributed by atoms with Crippen LogP contribution in [0.2, 0.25) is 0 Å². The van der Waals surface area contributed by atoms with Crippen molar-refractivity contribution in [3.8, 4) is 0 Å². The molecule has 31 heavy (non-hydrogen) atoms. The summed E-state index contributed by atoms with van der Waals surface area (Å²) in [4.78, 5) is 0. The molecule has 0 aliphatic heterocycles. The average Bonchev–Trinajstić information content (AvgIpc) is 2.72. The average molecular weight is 435 g/mol. The molecule has 2 aromatic rings. The molecule has 1 fully saturated rings. The van der Waals surface area contributed by atoms with Gasteiger partial charge in [0.2, 0.25) is 0 Å². The molecule has 0 aromatic heterocycles. The number of fused-ring (bicyclic) bond motifs is 3. The minimum absolute atomic E-state index is 0.250. The maximum atomic E-state index is 5.65. The van der Waals surface area contributed by atoms with Crippen LogP contribution in [0.15, 0.2) is 42.5 Å². The van der Waals surface area contributed by atoms with E-state index in [0.717, 1.165) is 17.3 Å². The standard InChI is InChI=1S/C28H38N2S/c1-19(2)21-10-12-24-22(17-21)11-13-25-27(4,14-7-15-28(24,25)5)18-29-26(31)30-23-9-6-8-20(3)16-23/h6,8-10,12,16-17,19,25H,7,11,13-15,18H2,1-5H3,(H2,29,30,31)/t25-,27+,28-/m1/s1. The quantitative estimate of drug-likeness (QED) is 0.501. The predicted octanol–water partition coefficient (Wildman–Crippen LogP) is 7.12. The van der Waals surface area contributed by atoms with Crippen molar-refractivity contribution in [3.05, 3.63) is 64.7 Å². The van der Waals surface area contributed by atoms with E-state index in [1.807, 2.05) is 0 Å². The highest BCUT2D eigenvalue weighted by atomic mass is 32.1. The van der Waals surface area contributed by atoms with Gasteiger partial charge in [-0.2, -0.15) is 0 Å². The number of aryl methyl sites for hydroxylation is 2. The molecule has 3 heteroatoms. The van der Waals surface area contributed by atoms with Crippen LogP contribution in [-0.2, 0) is 11.8 Å². The Hall–Kier alpha value is -1.87. The minimum atomic E-state index is 0.250. The Kier molecular flexibility index (Phi) is 6.18. The highest BCUT2D eigenvalue weighted by Gasteiger charge is 2.51. The molecule has 0 bridgehead atoms. The van der Waals surface area contributed by atoms with Crippen molar-refractivity contribution in [2.75, 3.05) is 11.9 Å². The lowest BCUT2D eigenvalue weighted by Gasteiger charge is -2.55. The smallest absolute Gasteiger partial charge is 0.170 e. The van der Waals surface area contributed by atoms with E-state index in [1.165, 1.54) is 43.2 Å². The van der Waals surface area contributed by atoms with Crippen LogP contribution >= 0.6 is 12.2 Å². The number of nitrogens with one attached hydrogen (secondary N) is 2. The Balaban J connectivity index is 1.50. The van der Waals surface area contributed by atoms with Crippen LogP contribution in [0.4, 0.5) is 5.69 Å². The van der Waals surface area contributed by atoms with Gasteiger partial charge in [-0.25, -0.2) is 0 Å². The molecule has 0 saturated heterocycles. The summed E-state index contributed by atoms with van der Waals surface area (Å²) >= 11 is 5.65. The zero-order valence-corrected chi connectivity index (χ0v) is 20.7. The van der Waals surface area contributed by atoms with Crippen LogP contribution in [0.3, 0.4) is 0 Å². The molecule has 2 aromatic carbocycles. The number of benzene rings is 2. The van der Waals surface area contributed by atoms with Gasteiger partial charge in [-0.3, -0.25) is 0 Å². The molecule has 0 spiro atoms. The Morgan fingerprint density at radius 2 is 1.94 bits per heavy atom. The minimum Gasteiger partial charge on any atom is -0.362 e. The number of hydrogen-bond acceptors (Lipinski definition) is 1. The molecule has 3 atom stereocenters. The molecule has 2 N–H and O–H groups in total. The Bertz CT molecular complexity index is 965. The van der Waals surface area contributed by atoms with Gasteiger partial charge in [0.15, 0.2) is 5.11 Å². The lowest BCUT2D eigenvalue weighted by Crippen LogP contribution is -2.53. The zero-order valence-electron chi connectivity index (χ0n) is 19.8. The highest BCUT2D eigenvalue weighted by Crippen LogP contribution is 2.57. The zero-order chi connectivity index (χ0) is 22.2. The molecule has 4 rings (SSSR count). The van der Waals surface area contributed by atoms with E-state index in [0.29, 0.717) is 11.8 Å². The largest absolute Gasteiger partial charge is 0.362 e. The molecule has 2 nitrogen and oxygen atoms in total. The van der Waals surface area contributed by atoms with Crippen LogP contribution in [-0.4, -0.2) is 11.7 Å². The van der Waals surface area contributed by atoms with Crippen LogP contribution < -0.4 is 10.6 Å². The van der Waals surface area contributed by atoms with Gasteiger partial charge < -0.3 is 10.6 Å². The van der Waals surface area contributed by atoms with Crippen LogP contribution in [0.25, 0.3) is 0 Å². The molecular weight excluding hydrogens is 396 g/mol. The Morgan fingerprint density at radius 3 is 2.68 bits per heavy atom. The molecule has 1 saturated carbocycles. The van der Waals surface area contributed by atoms with Crippen molar-refractivity contribution in [2.45, 2.75) is 78.1 Å². The van der Waals surface area contributed by atoms with Crippen molar-refractivity contribution < 1.29 is 0 Å². The maximum absolute atomic E-state index is 5.65. The fraction of sp³-hybridized carbons (Fsp3) is 0.536. The van der Waals surface area contributed by atoms with Crippen molar-refractivity contribution in [3.63, 3.8) is 0 Å². The molecule has 0 radical (unpaired) electrons. The summed E-state index contributed by atoms with van der Waals surface area (Å²) in [5, 5.41) is 7.69. The molecule has 166 valence electrons. The van der Waals surface area contributed by atoms with E-state index in [1.54, 1.807) is 11.1 Å². The van der Waals surface area contributed by atoms with E-state index < -0.39 is 0 Å². The SMILES string of the molecule is Cc1cccc(NC(=S)NC[C@]2(C)CCC[C@]3(C)c4ccc(C(C)C)cc4CC[C@H]23)c1. The summed E-state index contributed by atoms with van der Waals surface area (Å²) in [6.07, 6.45) is 6.34. The van der Waals surface area contributed by atoms with Gasteiger partial charge in [-0.1, -0.05) is 64.4 Å². The van der Waals surface area contributed by atoms with Crippen LogP contribution in [0.5, 0.6) is 0 Å². The predicted molar refractivity (Wildman–Crippen MR) is 137 cm³/mol. The van der Waals surface area contributed by atoms with Gasteiger partial charge >= 0.3 is 0 Å². The van der Waals surface area contributed by atoms with Crippen molar-refractivity contribution in [1.29, 1.82) is 0 Å². The van der Waals surface area contributed by atoms with Gasteiger partial charge in [0, 0.05) is 12.2 Å². The first-order chi connectivity index (χ1) is 14.7. The first kappa shape index (κ1) is 22.3. The summed E-state index contributed by atoms with van der Waals surface area (Å²) in [5.41, 5.74) is 7.50. The van der Waals surface area contributed by atoms with Crippen LogP contribution in [0.1, 0.15) is 81.5 Å². The fourth-order valence-corrected chi connectivity index (χ4v) is 6.58. The Labute approximate surface area is 194 Å². The topological polar surface area (TPSA) is 24.1 Å². The van der Waals surface area contributed by atoms with Crippen molar-refractivity contribution in [1.82, 2.24) is 5.32 Å². The fourth-order valence-electron chi connectivity index (χ4n) is 6.39. The van der Waals surface area contributed by atoms with Gasteiger partial charge in [0.05, 0.1) is 0 Å². The first-order valence-corrected chi connectivity index (χ1v) is 12.4. The first-order valence-electron chi connectivity index (χ1n) is 12.0. The van der Waals surface area contributed by atoms with Crippen molar-refractivity contribution in [2.24, 2.45) is 11.3 Å². The highest BCUT2D eigenvalue weighted by molar-refractivity contribution is 7.80. The molecule has 0 amide bonds. The monoisotopic (exact) mass is 434 g/mol. The van der Waals surface area contributed by atoms with E-state index in [4.69, 9.17) is 12.2 Å². The van der Waals surface area contributed by atoms with Gasteiger partial charge in [0.1, 0.15) is 0 Å². The lowest BCUT2D eigenvalue weighted by atomic mass is 9.49. The van der Waals surface area contributed by atoms with Gasteiger partial charge in [-0.05, 0) is 102 Å². The van der Waals surface area contributed by atoms with Crippen molar-refractivity contribution >= 4 is 23.0 Å². The molecule has 2 aliphatic carbocycles. The van der Waals surface area contributed by atoms with E-state index in [-0.39, 0.29) is 10.8 Å². The lowest BCUT2D eigenvalue weighted by molar-refractivity contribution is 0.0294. The second kappa shape index (κ2) is 8.58. The normalized spacial score (nSPS) is 27.4. The third-order valence-electron chi connectivity index (χ3n) is 8.10. The Morgan fingerprint density at radius 1 is 1.13 bits per heavy atom.